The number of rotatable bonds is 2. The molecular formula is C15H23NO2. The van der Waals surface area contributed by atoms with Crippen molar-refractivity contribution in [1.82, 2.24) is 4.90 Å². The quantitative estimate of drug-likeness (QED) is 0.752. The normalized spacial score (nSPS) is 39.4. The average Bonchev–Trinajstić information content (AvgIpc) is 3.00. The summed E-state index contributed by atoms with van der Waals surface area (Å²) in [6, 6.07) is 0. The number of piperidine rings is 1. The molecule has 3 rings (SSSR count). The van der Waals surface area contributed by atoms with Gasteiger partial charge in [-0.3, -0.25) is 9.59 Å². The molecule has 2 bridgehead atoms. The van der Waals surface area contributed by atoms with Gasteiger partial charge in [0.15, 0.2) is 0 Å². The third-order valence-corrected chi connectivity index (χ3v) is 5.38. The lowest BCUT2D eigenvalue weighted by Gasteiger charge is -2.35. The van der Waals surface area contributed by atoms with Crippen molar-refractivity contribution >= 4 is 11.7 Å². The first-order chi connectivity index (χ1) is 8.69. The number of Topliss-reactive ketones (excluding diaryl/α,β-unsaturated/α-hetero) is 1. The van der Waals surface area contributed by atoms with Gasteiger partial charge in [0.2, 0.25) is 5.91 Å². The smallest absolute Gasteiger partial charge is 0.226 e. The Hall–Kier alpha value is -0.860. The number of likely N-dealkylation sites (tertiary alicyclic amines) is 1. The molecule has 3 aliphatic rings. The molecule has 1 amide bonds. The number of fused-ring (bicyclic) bond motifs is 2. The molecule has 0 aromatic heterocycles. The van der Waals surface area contributed by atoms with Crippen molar-refractivity contribution in [1.29, 1.82) is 0 Å². The number of carbonyl (C=O) groups excluding carboxylic acids is 2. The van der Waals surface area contributed by atoms with Crippen molar-refractivity contribution in [2.75, 3.05) is 13.1 Å². The monoisotopic (exact) mass is 249 g/mol. The third kappa shape index (κ3) is 1.98. The van der Waals surface area contributed by atoms with Gasteiger partial charge in [0, 0.05) is 31.3 Å². The van der Waals surface area contributed by atoms with Crippen LogP contribution in [0.1, 0.15) is 45.4 Å². The fourth-order valence-corrected chi connectivity index (χ4v) is 4.25. The molecule has 4 atom stereocenters. The van der Waals surface area contributed by atoms with E-state index in [0.29, 0.717) is 37.1 Å². The van der Waals surface area contributed by atoms with Crippen LogP contribution in [-0.4, -0.2) is 29.7 Å². The second-order valence-electron chi connectivity index (χ2n) is 6.39. The van der Waals surface area contributed by atoms with Gasteiger partial charge in [-0.25, -0.2) is 0 Å². The van der Waals surface area contributed by atoms with Crippen LogP contribution in [0.2, 0.25) is 0 Å². The van der Waals surface area contributed by atoms with Gasteiger partial charge in [-0.1, -0.05) is 13.3 Å². The van der Waals surface area contributed by atoms with Crippen molar-refractivity contribution in [2.24, 2.45) is 23.7 Å². The molecule has 1 saturated heterocycles. The summed E-state index contributed by atoms with van der Waals surface area (Å²) in [5.41, 5.74) is 0. The highest BCUT2D eigenvalue weighted by molar-refractivity contribution is 5.86. The lowest BCUT2D eigenvalue weighted by molar-refractivity contribution is -0.142. The SMILES string of the molecule is CCC1CN(C(=O)C2CC3CCC2C3)CCC1=O. The molecule has 18 heavy (non-hydrogen) atoms. The van der Waals surface area contributed by atoms with Gasteiger partial charge >= 0.3 is 0 Å². The molecule has 4 unspecified atom stereocenters. The van der Waals surface area contributed by atoms with E-state index in [0.717, 1.165) is 18.8 Å². The summed E-state index contributed by atoms with van der Waals surface area (Å²) in [5, 5.41) is 0. The summed E-state index contributed by atoms with van der Waals surface area (Å²) in [5.74, 6) is 2.57. The van der Waals surface area contributed by atoms with Gasteiger partial charge in [0.25, 0.3) is 0 Å². The predicted molar refractivity (Wildman–Crippen MR) is 68.9 cm³/mol. The van der Waals surface area contributed by atoms with Crippen LogP contribution in [-0.2, 0) is 9.59 Å². The van der Waals surface area contributed by atoms with E-state index in [9.17, 15) is 9.59 Å². The Labute approximate surface area is 109 Å². The lowest BCUT2D eigenvalue weighted by atomic mass is 9.86. The van der Waals surface area contributed by atoms with Gasteiger partial charge in [-0.2, -0.15) is 0 Å². The molecule has 0 spiro atoms. The zero-order valence-corrected chi connectivity index (χ0v) is 11.2. The summed E-state index contributed by atoms with van der Waals surface area (Å²) in [6.07, 6.45) is 6.44. The van der Waals surface area contributed by atoms with Gasteiger partial charge in [0.05, 0.1) is 0 Å². The van der Waals surface area contributed by atoms with Gasteiger partial charge < -0.3 is 4.90 Å². The van der Waals surface area contributed by atoms with E-state index in [4.69, 9.17) is 0 Å². The Morgan fingerprint density at radius 1 is 1.33 bits per heavy atom. The van der Waals surface area contributed by atoms with E-state index >= 15 is 0 Å². The van der Waals surface area contributed by atoms with Crippen molar-refractivity contribution in [2.45, 2.75) is 45.4 Å². The molecule has 0 N–H and O–H groups in total. The summed E-state index contributed by atoms with van der Waals surface area (Å²) in [6.45, 7) is 3.40. The molecule has 100 valence electrons. The van der Waals surface area contributed by atoms with Gasteiger partial charge in [0.1, 0.15) is 5.78 Å². The fraction of sp³-hybridized carbons (Fsp3) is 0.867. The standard InChI is InChI=1S/C15H23NO2/c1-2-11-9-16(6-5-14(11)17)15(18)13-8-10-3-4-12(13)7-10/h10-13H,2-9H2,1H3. The second-order valence-corrected chi connectivity index (χ2v) is 6.39. The first-order valence-corrected chi connectivity index (χ1v) is 7.50. The average molecular weight is 249 g/mol. The summed E-state index contributed by atoms with van der Waals surface area (Å²) in [4.78, 5) is 26.3. The number of amides is 1. The molecule has 2 aliphatic carbocycles. The zero-order valence-electron chi connectivity index (χ0n) is 11.2. The number of hydrogen-bond donors (Lipinski definition) is 0. The molecule has 2 saturated carbocycles. The van der Waals surface area contributed by atoms with Crippen LogP contribution in [0.25, 0.3) is 0 Å². The lowest BCUT2D eigenvalue weighted by Crippen LogP contribution is -2.47. The van der Waals surface area contributed by atoms with Crippen LogP contribution in [0.3, 0.4) is 0 Å². The maximum atomic E-state index is 12.6. The van der Waals surface area contributed by atoms with E-state index in [-0.39, 0.29) is 11.8 Å². The highest BCUT2D eigenvalue weighted by Gasteiger charge is 2.45. The Bertz CT molecular complexity index is 366. The number of nitrogens with zero attached hydrogens (tertiary/aromatic N) is 1. The Morgan fingerprint density at radius 3 is 2.78 bits per heavy atom. The van der Waals surface area contributed by atoms with E-state index in [1.165, 1.54) is 19.3 Å². The van der Waals surface area contributed by atoms with E-state index in [1.54, 1.807) is 0 Å². The highest BCUT2D eigenvalue weighted by Crippen LogP contribution is 2.49. The largest absolute Gasteiger partial charge is 0.341 e. The minimum atomic E-state index is 0.0984. The Kier molecular flexibility index (Phi) is 3.16. The maximum Gasteiger partial charge on any atom is 0.226 e. The fourth-order valence-electron chi connectivity index (χ4n) is 4.25. The molecule has 0 aromatic carbocycles. The van der Waals surface area contributed by atoms with Crippen LogP contribution in [0.5, 0.6) is 0 Å². The molecule has 3 heteroatoms. The maximum absolute atomic E-state index is 12.6. The summed E-state index contributed by atoms with van der Waals surface area (Å²) >= 11 is 0. The first-order valence-electron chi connectivity index (χ1n) is 7.50. The topological polar surface area (TPSA) is 37.4 Å². The highest BCUT2D eigenvalue weighted by atomic mass is 16.2. The van der Waals surface area contributed by atoms with Crippen molar-refractivity contribution in [3.05, 3.63) is 0 Å². The number of hydrogen-bond acceptors (Lipinski definition) is 2. The molecular weight excluding hydrogens is 226 g/mol. The van der Waals surface area contributed by atoms with Crippen LogP contribution in [0, 0.1) is 23.7 Å². The third-order valence-electron chi connectivity index (χ3n) is 5.38. The van der Waals surface area contributed by atoms with Crippen LogP contribution >= 0.6 is 0 Å². The van der Waals surface area contributed by atoms with Crippen LogP contribution in [0.15, 0.2) is 0 Å². The summed E-state index contributed by atoms with van der Waals surface area (Å²) in [7, 11) is 0. The summed E-state index contributed by atoms with van der Waals surface area (Å²) < 4.78 is 0. The van der Waals surface area contributed by atoms with Crippen molar-refractivity contribution in [3.63, 3.8) is 0 Å². The molecule has 1 aliphatic heterocycles. The zero-order chi connectivity index (χ0) is 12.7. The molecule has 0 radical (unpaired) electrons. The van der Waals surface area contributed by atoms with Gasteiger partial charge in [-0.15, -0.1) is 0 Å². The van der Waals surface area contributed by atoms with E-state index in [1.807, 2.05) is 11.8 Å². The van der Waals surface area contributed by atoms with Crippen LogP contribution in [0.4, 0.5) is 0 Å². The molecule has 3 nitrogen and oxygen atoms in total. The molecule has 3 fully saturated rings. The van der Waals surface area contributed by atoms with E-state index < -0.39 is 0 Å². The Morgan fingerprint density at radius 2 is 2.17 bits per heavy atom. The molecule has 0 aromatic rings. The minimum absolute atomic E-state index is 0.0984. The minimum Gasteiger partial charge on any atom is -0.341 e. The number of carbonyl (C=O) groups is 2. The number of ketones is 1. The molecule has 1 heterocycles. The second kappa shape index (κ2) is 4.67. The van der Waals surface area contributed by atoms with Gasteiger partial charge in [-0.05, 0) is 37.5 Å². The van der Waals surface area contributed by atoms with Crippen molar-refractivity contribution in [3.8, 4) is 0 Å². The van der Waals surface area contributed by atoms with Crippen LogP contribution < -0.4 is 0 Å². The van der Waals surface area contributed by atoms with Crippen molar-refractivity contribution < 1.29 is 9.59 Å². The van der Waals surface area contributed by atoms with E-state index in [2.05, 4.69) is 0 Å². The predicted octanol–water partition coefficient (Wildman–Crippen LogP) is 2.25. The first kappa shape index (κ1) is 12.2. The Balaban J connectivity index is 1.64.